The van der Waals surface area contributed by atoms with Gasteiger partial charge in [0.1, 0.15) is 6.79 Å². The first-order valence-corrected chi connectivity index (χ1v) is 3.50. The van der Waals surface area contributed by atoms with Crippen LogP contribution in [0, 0.1) is 0 Å². The van der Waals surface area contributed by atoms with Gasteiger partial charge in [-0.3, -0.25) is 0 Å². The third kappa shape index (κ3) is 3.66. The molecule has 0 aromatic rings. The Morgan fingerprint density at radius 1 is 1.50 bits per heavy atom. The van der Waals surface area contributed by atoms with Gasteiger partial charge in [0.25, 0.3) is 0 Å². The van der Waals surface area contributed by atoms with E-state index in [1.807, 2.05) is 0 Å². The van der Waals surface area contributed by atoms with Crippen molar-refractivity contribution in [1.29, 1.82) is 0 Å². The molecule has 0 rings (SSSR count). The van der Waals surface area contributed by atoms with Crippen molar-refractivity contribution in [2.45, 2.75) is 19.1 Å². The van der Waals surface area contributed by atoms with E-state index < -0.39 is 18.2 Å². The average Bonchev–Trinajstić information content (AvgIpc) is 2.11. The maximum absolute atomic E-state index is 10.7. The van der Waals surface area contributed by atoms with Crippen molar-refractivity contribution >= 4 is 5.97 Å². The van der Waals surface area contributed by atoms with E-state index in [0.29, 0.717) is 0 Å². The highest BCUT2D eigenvalue weighted by atomic mass is 16.7. The van der Waals surface area contributed by atoms with Crippen molar-refractivity contribution in [2.24, 2.45) is 0 Å². The summed E-state index contributed by atoms with van der Waals surface area (Å²) in [6.45, 7) is 1.59. The molecular formula is C7H14O5. The van der Waals surface area contributed by atoms with Gasteiger partial charge in [-0.1, -0.05) is 0 Å². The molecule has 2 atom stereocenters. The molecule has 0 aromatic heterocycles. The molecule has 5 nitrogen and oxygen atoms in total. The summed E-state index contributed by atoms with van der Waals surface area (Å²) in [5, 5.41) is 9.16. The Bertz CT molecular complexity index is 136. The summed E-state index contributed by atoms with van der Waals surface area (Å²) in [6, 6.07) is 0. The van der Waals surface area contributed by atoms with E-state index in [9.17, 15) is 4.79 Å². The summed E-state index contributed by atoms with van der Waals surface area (Å²) < 4.78 is 13.8. The van der Waals surface area contributed by atoms with Gasteiger partial charge in [0.05, 0.1) is 13.2 Å². The highest BCUT2D eigenvalue weighted by Gasteiger charge is 2.23. The fourth-order valence-electron chi connectivity index (χ4n) is 0.579. The first kappa shape index (κ1) is 11.4. The zero-order valence-electron chi connectivity index (χ0n) is 7.44. The van der Waals surface area contributed by atoms with Gasteiger partial charge in [-0.2, -0.15) is 0 Å². The zero-order valence-corrected chi connectivity index (χ0v) is 7.44. The minimum absolute atomic E-state index is 0.0369. The Morgan fingerprint density at radius 3 is 2.50 bits per heavy atom. The summed E-state index contributed by atoms with van der Waals surface area (Å²) in [7, 11) is 2.66. The van der Waals surface area contributed by atoms with Crippen LogP contribution in [0.5, 0.6) is 0 Å². The molecule has 72 valence electrons. The number of ether oxygens (including phenoxy) is 3. The molecule has 0 spiro atoms. The number of carbonyl (C=O) groups is 1. The van der Waals surface area contributed by atoms with Gasteiger partial charge < -0.3 is 19.3 Å². The van der Waals surface area contributed by atoms with Gasteiger partial charge in [-0.05, 0) is 6.92 Å². The third-order valence-corrected chi connectivity index (χ3v) is 1.34. The average molecular weight is 178 g/mol. The molecule has 1 N–H and O–H groups in total. The lowest BCUT2D eigenvalue weighted by Gasteiger charge is -2.16. The van der Waals surface area contributed by atoms with Crippen molar-refractivity contribution in [3.8, 4) is 0 Å². The van der Waals surface area contributed by atoms with Crippen molar-refractivity contribution in [2.75, 3.05) is 21.0 Å². The first-order valence-electron chi connectivity index (χ1n) is 3.50. The van der Waals surface area contributed by atoms with E-state index in [1.165, 1.54) is 14.2 Å². The van der Waals surface area contributed by atoms with E-state index in [2.05, 4.69) is 9.47 Å². The first-order chi connectivity index (χ1) is 5.63. The highest BCUT2D eigenvalue weighted by Crippen LogP contribution is 2.00. The monoisotopic (exact) mass is 178 g/mol. The van der Waals surface area contributed by atoms with Gasteiger partial charge in [-0.25, -0.2) is 4.79 Å². The predicted octanol–water partition coefficient (Wildman–Crippen LogP) is -0.471. The molecule has 0 aliphatic heterocycles. The standard InChI is InChI=1S/C7H14O5/c1-5(12-4-10-2)6(8)7(9)11-3/h5-6,8H,4H2,1-3H3/t5-,6+/m1/s1. The zero-order chi connectivity index (χ0) is 9.56. The van der Waals surface area contributed by atoms with Crippen LogP contribution in [0.25, 0.3) is 0 Å². The van der Waals surface area contributed by atoms with Crippen molar-refractivity contribution in [1.82, 2.24) is 0 Å². The summed E-state index contributed by atoms with van der Waals surface area (Å²) in [5.41, 5.74) is 0. The lowest BCUT2D eigenvalue weighted by Crippen LogP contribution is -2.35. The number of methoxy groups -OCH3 is 2. The Morgan fingerprint density at radius 2 is 2.08 bits per heavy atom. The fourth-order valence-corrected chi connectivity index (χ4v) is 0.579. The molecule has 0 fully saturated rings. The SMILES string of the molecule is COCO[C@H](C)[C@H](O)C(=O)OC. The summed E-state index contributed by atoms with van der Waals surface area (Å²) in [5.74, 6) is -0.710. The van der Waals surface area contributed by atoms with Crippen LogP contribution < -0.4 is 0 Å². The topological polar surface area (TPSA) is 65.0 Å². The maximum atomic E-state index is 10.7. The fraction of sp³-hybridized carbons (Fsp3) is 0.857. The number of carbonyl (C=O) groups excluding carboxylic acids is 1. The molecule has 0 saturated carbocycles. The van der Waals surface area contributed by atoms with Gasteiger partial charge >= 0.3 is 5.97 Å². The number of rotatable bonds is 5. The quantitative estimate of drug-likeness (QED) is 0.455. The van der Waals surface area contributed by atoms with E-state index in [-0.39, 0.29) is 6.79 Å². The Hall–Kier alpha value is -0.650. The van der Waals surface area contributed by atoms with Crippen LogP contribution in [0.3, 0.4) is 0 Å². The Balaban J connectivity index is 3.75. The minimum Gasteiger partial charge on any atom is -0.467 e. The van der Waals surface area contributed by atoms with Gasteiger partial charge in [0.15, 0.2) is 6.10 Å². The smallest absolute Gasteiger partial charge is 0.337 e. The molecule has 0 saturated heterocycles. The van der Waals surface area contributed by atoms with Crippen LogP contribution in [-0.2, 0) is 19.0 Å². The molecule has 0 aliphatic carbocycles. The molecule has 12 heavy (non-hydrogen) atoms. The number of aliphatic hydroxyl groups excluding tert-OH is 1. The van der Waals surface area contributed by atoms with Crippen molar-refractivity contribution in [3.05, 3.63) is 0 Å². The maximum Gasteiger partial charge on any atom is 0.337 e. The third-order valence-electron chi connectivity index (χ3n) is 1.34. The summed E-state index contributed by atoms with van der Waals surface area (Å²) in [4.78, 5) is 10.7. The largest absolute Gasteiger partial charge is 0.467 e. The van der Waals surface area contributed by atoms with Gasteiger partial charge in [0, 0.05) is 7.11 Å². The van der Waals surface area contributed by atoms with Gasteiger partial charge in [-0.15, -0.1) is 0 Å². The van der Waals surface area contributed by atoms with Crippen LogP contribution in [0.15, 0.2) is 0 Å². The lowest BCUT2D eigenvalue weighted by molar-refractivity contribution is -0.164. The summed E-state index contributed by atoms with van der Waals surface area (Å²) in [6.07, 6.45) is -1.89. The molecule has 0 bridgehead atoms. The number of hydrogen-bond acceptors (Lipinski definition) is 5. The molecule has 0 aliphatic rings. The lowest BCUT2D eigenvalue weighted by atomic mass is 10.2. The second kappa shape index (κ2) is 5.93. The summed E-state index contributed by atoms with van der Waals surface area (Å²) >= 11 is 0. The molecule has 5 heteroatoms. The van der Waals surface area contributed by atoms with Crippen LogP contribution in [-0.4, -0.2) is 44.3 Å². The predicted molar refractivity (Wildman–Crippen MR) is 40.4 cm³/mol. The van der Waals surface area contributed by atoms with Crippen LogP contribution in [0.2, 0.25) is 0 Å². The molecule has 0 unspecified atom stereocenters. The molecule has 0 heterocycles. The highest BCUT2D eigenvalue weighted by molar-refractivity contribution is 5.74. The number of esters is 1. The van der Waals surface area contributed by atoms with E-state index in [1.54, 1.807) is 6.92 Å². The van der Waals surface area contributed by atoms with Crippen molar-refractivity contribution in [3.63, 3.8) is 0 Å². The number of aliphatic hydroxyl groups is 1. The molecule has 0 radical (unpaired) electrons. The minimum atomic E-state index is -1.26. The molecular weight excluding hydrogens is 164 g/mol. The second-order valence-corrected chi connectivity index (χ2v) is 2.25. The van der Waals surface area contributed by atoms with E-state index in [4.69, 9.17) is 9.84 Å². The normalized spacial score (nSPS) is 15.3. The van der Waals surface area contributed by atoms with Crippen LogP contribution in [0.1, 0.15) is 6.92 Å². The number of hydrogen-bond donors (Lipinski definition) is 1. The van der Waals surface area contributed by atoms with E-state index >= 15 is 0 Å². The molecule has 0 amide bonds. The van der Waals surface area contributed by atoms with Gasteiger partial charge in [0.2, 0.25) is 0 Å². The Kier molecular flexibility index (Phi) is 5.61. The molecule has 0 aromatic carbocycles. The Labute approximate surface area is 71.2 Å². The second-order valence-electron chi connectivity index (χ2n) is 2.25. The van der Waals surface area contributed by atoms with Crippen LogP contribution in [0.4, 0.5) is 0 Å². The van der Waals surface area contributed by atoms with E-state index in [0.717, 1.165) is 0 Å². The van der Waals surface area contributed by atoms with Crippen LogP contribution >= 0.6 is 0 Å². The van der Waals surface area contributed by atoms with Crippen molar-refractivity contribution < 1.29 is 24.1 Å².